The fraction of sp³-hybridized carbons (Fsp3) is 0.143. The summed E-state index contributed by atoms with van der Waals surface area (Å²) >= 11 is 24.0. The molecule has 0 amide bonds. The van der Waals surface area contributed by atoms with Gasteiger partial charge in [-0.1, -0.05) is 52.5 Å². The normalized spacial score (nSPS) is 10.7. The predicted octanol–water partition coefficient (Wildman–Crippen LogP) is 5.81. The monoisotopic (exact) mass is 349 g/mol. The first-order chi connectivity index (χ1) is 9.51. The summed E-state index contributed by atoms with van der Waals surface area (Å²) in [4.78, 5) is 0. The molecule has 0 radical (unpaired) electrons. The SMILES string of the molecule is CNCc1ccc(Cl)cc1Oc1cc(Cl)c(Cl)cc1Cl. The van der Waals surface area contributed by atoms with Gasteiger partial charge in [-0.3, -0.25) is 0 Å². The van der Waals surface area contributed by atoms with Crippen LogP contribution in [0.15, 0.2) is 30.3 Å². The molecule has 0 atom stereocenters. The van der Waals surface area contributed by atoms with Gasteiger partial charge in [0, 0.05) is 23.2 Å². The third kappa shape index (κ3) is 3.72. The van der Waals surface area contributed by atoms with Gasteiger partial charge in [0.15, 0.2) is 0 Å². The Morgan fingerprint density at radius 3 is 2.30 bits per heavy atom. The molecule has 0 saturated carbocycles. The quantitative estimate of drug-likeness (QED) is 0.702. The van der Waals surface area contributed by atoms with Crippen LogP contribution in [0, 0.1) is 0 Å². The number of hydrogen-bond acceptors (Lipinski definition) is 2. The van der Waals surface area contributed by atoms with Crippen LogP contribution in [0.1, 0.15) is 5.56 Å². The summed E-state index contributed by atoms with van der Waals surface area (Å²) in [6, 6.07) is 8.55. The van der Waals surface area contributed by atoms with E-state index in [-0.39, 0.29) is 0 Å². The second-order valence-corrected chi connectivity index (χ2v) is 5.74. The maximum Gasteiger partial charge on any atom is 0.147 e. The van der Waals surface area contributed by atoms with Crippen LogP contribution < -0.4 is 10.1 Å². The van der Waals surface area contributed by atoms with E-state index < -0.39 is 0 Å². The number of nitrogens with one attached hydrogen (secondary N) is 1. The molecule has 2 rings (SSSR count). The van der Waals surface area contributed by atoms with Gasteiger partial charge in [0.05, 0.1) is 15.1 Å². The first-order valence-corrected chi connectivity index (χ1v) is 7.28. The van der Waals surface area contributed by atoms with Gasteiger partial charge in [-0.05, 0) is 25.2 Å². The standard InChI is InChI=1S/C14H11Cl4NO/c1-19-7-8-2-3-9(15)4-13(8)20-14-6-11(17)10(16)5-12(14)18/h2-6,19H,7H2,1H3. The molecule has 0 saturated heterocycles. The van der Waals surface area contributed by atoms with Crippen LogP contribution in [-0.4, -0.2) is 7.05 Å². The molecule has 0 fully saturated rings. The van der Waals surface area contributed by atoms with Crippen molar-refractivity contribution in [3.05, 3.63) is 56.0 Å². The average Bonchev–Trinajstić information content (AvgIpc) is 2.39. The predicted molar refractivity (Wildman–Crippen MR) is 85.8 cm³/mol. The van der Waals surface area contributed by atoms with Gasteiger partial charge in [0.2, 0.25) is 0 Å². The highest BCUT2D eigenvalue weighted by atomic mass is 35.5. The fourth-order valence-electron chi connectivity index (χ4n) is 1.66. The van der Waals surface area contributed by atoms with Crippen molar-refractivity contribution in [1.82, 2.24) is 5.32 Å². The molecule has 2 aromatic carbocycles. The minimum atomic E-state index is 0.378. The Hall–Kier alpha value is -0.640. The van der Waals surface area contributed by atoms with E-state index >= 15 is 0 Å². The maximum absolute atomic E-state index is 6.10. The highest BCUT2D eigenvalue weighted by Gasteiger charge is 2.11. The molecule has 0 heterocycles. The van der Waals surface area contributed by atoms with Crippen LogP contribution in [0.4, 0.5) is 0 Å². The molecule has 0 aromatic heterocycles. The van der Waals surface area contributed by atoms with Gasteiger partial charge in [-0.25, -0.2) is 0 Å². The van der Waals surface area contributed by atoms with E-state index in [1.54, 1.807) is 24.3 Å². The average molecular weight is 351 g/mol. The van der Waals surface area contributed by atoms with E-state index in [9.17, 15) is 0 Å². The van der Waals surface area contributed by atoms with E-state index in [1.807, 2.05) is 13.1 Å². The van der Waals surface area contributed by atoms with Crippen molar-refractivity contribution in [2.45, 2.75) is 6.54 Å². The van der Waals surface area contributed by atoms with Crippen LogP contribution in [0.3, 0.4) is 0 Å². The van der Waals surface area contributed by atoms with E-state index in [0.717, 1.165) is 5.56 Å². The molecule has 20 heavy (non-hydrogen) atoms. The van der Waals surface area contributed by atoms with Gasteiger partial charge < -0.3 is 10.1 Å². The minimum absolute atomic E-state index is 0.378. The third-order valence-electron chi connectivity index (χ3n) is 2.59. The van der Waals surface area contributed by atoms with Crippen LogP contribution in [0.25, 0.3) is 0 Å². The van der Waals surface area contributed by atoms with Crippen LogP contribution in [0.2, 0.25) is 20.1 Å². The van der Waals surface area contributed by atoms with E-state index in [0.29, 0.717) is 38.1 Å². The highest BCUT2D eigenvalue weighted by molar-refractivity contribution is 6.43. The van der Waals surface area contributed by atoms with Crippen molar-refractivity contribution < 1.29 is 4.74 Å². The molecule has 0 bridgehead atoms. The molecule has 2 nitrogen and oxygen atoms in total. The molecule has 0 aliphatic heterocycles. The molecule has 6 heteroatoms. The summed E-state index contributed by atoms with van der Waals surface area (Å²) < 4.78 is 5.81. The number of ether oxygens (including phenoxy) is 1. The second kappa shape index (κ2) is 6.88. The van der Waals surface area contributed by atoms with E-state index in [4.69, 9.17) is 51.1 Å². The Labute approximate surface area is 137 Å². The molecule has 0 aliphatic rings. The smallest absolute Gasteiger partial charge is 0.147 e. The Kier molecular flexibility index (Phi) is 5.42. The zero-order valence-corrected chi connectivity index (χ0v) is 13.5. The van der Waals surface area contributed by atoms with Crippen molar-refractivity contribution >= 4 is 46.4 Å². The van der Waals surface area contributed by atoms with Crippen molar-refractivity contribution in [2.24, 2.45) is 0 Å². The van der Waals surface area contributed by atoms with Gasteiger partial charge in [0.1, 0.15) is 11.5 Å². The lowest BCUT2D eigenvalue weighted by atomic mass is 10.2. The first-order valence-electron chi connectivity index (χ1n) is 5.76. The molecule has 106 valence electrons. The number of benzene rings is 2. The summed E-state index contributed by atoms with van der Waals surface area (Å²) in [5.41, 5.74) is 0.957. The summed E-state index contributed by atoms with van der Waals surface area (Å²) in [5.74, 6) is 1.05. The maximum atomic E-state index is 6.10. The van der Waals surface area contributed by atoms with Gasteiger partial charge in [0.25, 0.3) is 0 Å². The molecular weight excluding hydrogens is 340 g/mol. The first kappa shape index (κ1) is 15.7. The van der Waals surface area contributed by atoms with Crippen molar-refractivity contribution in [3.63, 3.8) is 0 Å². The number of halogens is 4. The molecule has 0 unspecified atom stereocenters. The second-order valence-electron chi connectivity index (χ2n) is 4.08. The van der Waals surface area contributed by atoms with Gasteiger partial charge in [-0.15, -0.1) is 0 Å². The topological polar surface area (TPSA) is 21.3 Å². The zero-order valence-electron chi connectivity index (χ0n) is 10.5. The lowest BCUT2D eigenvalue weighted by Crippen LogP contribution is -2.06. The lowest BCUT2D eigenvalue weighted by molar-refractivity contribution is 0.474. The molecule has 0 spiro atoms. The summed E-state index contributed by atoms with van der Waals surface area (Å²) in [6.07, 6.45) is 0. The number of rotatable bonds is 4. The Balaban J connectivity index is 2.38. The lowest BCUT2D eigenvalue weighted by Gasteiger charge is -2.13. The minimum Gasteiger partial charge on any atom is -0.455 e. The van der Waals surface area contributed by atoms with Crippen molar-refractivity contribution in [3.8, 4) is 11.5 Å². The van der Waals surface area contributed by atoms with Crippen LogP contribution in [0.5, 0.6) is 11.5 Å². The summed E-state index contributed by atoms with van der Waals surface area (Å²) in [5, 5.41) is 4.78. The van der Waals surface area contributed by atoms with E-state index in [2.05, 4.69) is 5.32 Å². The summed E-state index contributed by atoms with van der Waals surface area (Å²) in [6.45, 7) is 0.644. The van der Waals surface area contributed by atoms with E-state index in [1.165, 1.54) is 0 Å². The third-order valence-corrected chi connectivity index (χ3v) is 3.84. The van der Waals surface area contributed by atoms with Gasteiger partial charge >= 0.3 is 0 Å². The largest absolute Gasteiger partial charge is 0.455 e. The fourth-order valence-corrected chi connectivity index (χ4v) is 2.40. The number of hydrogen-bond donors (Lipinski definition) is 1. The summed E-state index contributed by atoms with van der Waals surface area (Å²) in [7, 11) is 1.85. The van der Waals surface area contributed by atoms with Crippen LogP contribution in [-0.2, 0) is 6.54 Å². The highest BCUT2D eigenvalue weighted by Crippen LogP contribution is 2.37. The van der Waals surface area contributed by atoms with Crippen molar-refractivity contribution in [2.75, 3.05) is 7.05 Å². The zero-order chi connectivity index (χ0) is 14.7. The van der Waals surface area contributed by atoms with Crippen LogP contribution >= 0.6 is 46.4 Å². The molecular formula is C14H11Cl4NO. The van der Waals surface area contributed by atoms with Crippen molar-refractivity contribution in [1.29, 1.82) is 0 Å². The Bertz CT molecular complexity index is 631. The van der Waals surface area contributed by atoms with Gasteiger partial charge in [-0.2, -0.15) is 0 Å². The Morgan fingerprint density at radius 1 is 0.900 bits per heavy atom. The molecule has 0 aliphatic carbocycles. The Morgan fingerprint density at radius 2 is 1.60 bits per heavy atom. The molecule has 1 N–H and O–H groups in total. The molecule has 2 aromatic rings.